The van der Waals surface area contributed by atoms with Gasteiger partial charge in [-0.15, -0.1) is 0 Å². The average Bonchev–Trinajstić information content (AvgIpc) is 3.53. The summed E-state index contributed by atoms with van der Waals surface area (Å²) >= 11 is 0. The molecular formula is C22H26N2O4. The van der Waals surface area contributed by atoms with E-state index in [9.17, 15) is 9.59 Å². The van der Waals surface area contributed by atoms with Crippen molar-refractivity contribution in [2.24, 2.45) is 11.8 Å². The van der Waals surface area contributed by atoms with Crippen LogP contribution in [0.15, 0.2) is 48.5 Å². The molecule has 3 rings (SSSR count). The number of anilines is 1. The zero-order valence-corrected chi connectivity index (χ0v) is 16.2. The van der Waals surface area contributed by atoms with Gasteiger partial charge < -0.3 is 20.1 Å². The third kappa shape index (κ3) is 5.25. The molecule has 1 saturated carbocycles. The van der Waals surface area contributed by atoms with E-state index in [0.717, 1.165) is 17.9 Å². The number of nitrogens with one attached hydrogen (secondary N) is 2. The molecule has 148 valence electrons. The van der Waals surface area contributed by atoms with Gasteiger partial charge in [0.1, 0.15) is 18.1 Å². The number of aryl methyl sites for hydroxylation is 1. The monoisotopic (exact) mass is 382 g/mol. The largest absolute Gasteiger partial charge is 0.497 e. The third-order valence-corrected chi connectivity index (χ3v) is 4.82. The number of carbonyl (C=O) groups excluding carboxylic acids is 2. The zero-order chi connectivity index (χ0) is 19.9. The Labute approximate surface area is 165 Å². The zero-order valence-electron chi connectivity index (χ0n) is 16.2. The van der Waals surface area contributed by atoms with Crippen molar-refractivity contribution in [3.05, 3.63) is 54.1 Å². The van der Waals surface area contributed by atoms with Gasteiger partial charge in [-0.1, -0.05) is 19.1 Å². The van der Waals surface area contributed by atoms with Gasteiger partial charge in [-0.25, -0.2) is 0 Å². The van der Waals surface area contributed by atoms with Crippen LogP contribution >= 0.6 is 0 Å². The van der Waals surface area contributed by atoms with Gasteiger partial charge in [-0.05, 0) is 54.8 Å². The van der Waals surface area contributed by atoms with E-state index in [1.807, 2.05) is 48.5 Å². The number of amides is 2. The second-order valence-electron chi connectivity index (χ2n) is 6.80. The molecule has 0 saturated heterocycles. The molecule has 2 amide bonds. The van der Waals surface area contributed by atoms with E-state index >= 15 is 0 Å². The highest BCUT2D eigenvalue weighted by atomic mass is 16.5. The van der Waals surface area contributed by atoms with Crippen LogP contribution in [0.25, 0.3) is 0 Å². The van der Waals surface area contributed by atoms with Gasteiger partial charge >= 0.3 is 0 Å². The van der Waals surface area contributed by atoms with Gasteiger partial charge in [-0.3, -0.25) is 9.59 Å². The standard InChI is InChI=1S/C22H26N2O4/c1-3-15-4-6-16(7-5-15)24-22(26)20-14-19(20)21(25)23-12-13-28-18-10-8-17(27-2)9-11-18/h4-11,19-20H,3,12-14H2,1-2H3,(H,23,25)(H,24,26). The minimum atomic E-state index is -0.256. The molecule has 6 heteroatoms. The van der Waals surface area contributed by atoms with Crippen LogP contribution in [0.2, 0.25) is 0 Å². The average molecular weight is 382 g/mol. The lowest BCUT2D eigenvalue weighted by atomic mass is 10.1. The lowest BCUT2D eigenvalue weighted by Gasteiger charge is -2.09. The van der Waals surface area contributed by atoms with Gasteiger partial charge in [-0.2, -0.15) is 0 Å². The van der Waals surface area contributed by atoms with Gasteiger partial charge in [0.15, 0.2) is 0 Å². The molecule has 28 heavy (non-hydrogen) atoms. The summed E-state index contributed by atoms with van der Waals surface area (Å²) in [6, 6.07) is 15.0. The second kappa shape index (κ2) is 9.26. The van der Waals surface area contributed by atoms with Crippen LogP contribution < -0.4 is 20.1 Å². The Morgan fingerprint density at radius 3 is 2.25 bits per heavy atom. The van der Waals surface area contributed by atoms with Crippen molar-refractivity contribution in [1.29, 1.82) is 0 Å². The lowest BCUT2D eigenvalue weighted by molar-refractivity contribution is -0.125. The van der Waals surface area contributed by atoms with E-state index in [0.29, 0.717) is 25.3 Å². The Hall–Kier alpha value is -3.02. The number of rotatable bonds is 9. The number of ether oxygens (including phenoxy) is 2. The van der Waals surface area contributed by atoms with E-state index in [4.69, 9.17) is 9.47 Å². The van der Waals surface area contributed by atoms with Crippen LogP contribution in [0, 0.1) is 11.8 Å². The summed E-state index contributed by atoms with van der Waals surface area (Å²) in [7, 11) is 1.61. The Morgan fingerprint density at radius 1 is 0.964 bits per heavy atom. The Morgan fingerprint density at radius 2 is 1.61 bits per heavy atom. The number of hydrogen-bond donors (Lipinski definition) is 2. The van der Waals surface area contributed by atoms with Crippen LogP contribution in [-0.4, -0.2) is 32.1 Å². The quantitative estimate of drug-likeness (QED) is 0.654. The SMILES string of the molecule is CCc1ccc(NC(=O)C2CC2C(=O)NCCOc2ccc(OC)cc2)cc1. The van der Waals surface area contributed by atoms with Crippen molar-refractivity contribution in [3.63, 3.8) is 0 Å². The maximum Gasteiger partial charge on any atom is 0.228 e. The minimum Gasteiger partial charge on any atom is -0.497 e. The first-order valence-electron chi connectivity index (χ1n) is 9.55. The summed E-state index contributed by atoms with van der Waals surface area (Å²) in [4.78, 5) is 24.5. The van der Waals surface area contributed by atoms with Crippen molar-refractivity contribution in [3.8, 4) is 11.5 Å². The van der Waals surface area contributed by atoms with Crippen molar-refractivity contribution in [1.82, 2.24) is 5.32 Å². The molecule has 1 aliphatic rings. The first kappa shape index (κ1) is 19.7. The van der Waals surface area contributed by atoms with Gasteiger partial charge in [0.05, 0.1) is 25.5 Å². The van der Waals surface area contributed by atoms with Gasteiger partial charge in [0.25, 0.3) is 0 Å². The van der Waals surface area contributed by atoms with Crippen molar-refractivity contribution < 1.29 is 19.1 Å². The first-order valence-corrected chi connectivity index (χ1v) is 9.55. The first-order chi connectivity index (χ1) is 13.6. The van der Waals surface area contributed by atoms with Gasteiger partial charge in [0, 0.05) is 5.69 Å². The predicted octanol–water partition coefficient (Wildman–Crippen LogP) is 3.03. The molecule has 2 unspecified atom stereocenters. The summed E-state index contributed by atoms with van der Waals surface area (Å²) in [5.41, 5.74) is 1.99. The second-order valence-corrected chi connectivity index (χ2v) is 6.80. The van der Waals surface area contributed by atoms with E-state index in [-0.39, 0.29) is 23.7 Å². The Balaban J connectivity index is 1.35. The summed E-state index contributed by atoms with van der Waals surface area (Å²) in [6.45, 7) is 2.85. The highest BCUT2D eigenvalue weighted by Gasteiger charge is 2.47. The molecule has 1 aliphatic carbocycles. The molecule has 0 spiro atoms. The van der Waals surface area contributed by atoms with Crippen molar-refractivity contribution in [2.45, 2.75) is 19.8 Å². The topological polar surface area (TPSA) is 76.7 Å². The molecule has 0 aliphatic heterocycles. The highest BCUT2D eigenvalue weighted by Crippen LogP contribution is 2.39. The molecule has 0 radical (unpaired) electrons. The van der Waals surface area contributed by atoms with Crippen LogP contribution in [0.5, 0.6) is 11.5 Å². The Kier molecular flexibility index (Phi) is 6.53. The number of methoxy groups -OCH3 is 1. The maximum atomic E-state index is 12.3. The molecule has 1 fully saturated rings. The third-order valence-electron chi connectivity index (χ3n) is 4.82. The molecule has 0 bridgehead atoms. The highest BCUT2D eigenvalue weighted by molar-refractivity contribution is 5.99. The molecule has 2 aromatic rings. The van der Waals surface area contributed by atoms with Crippen LogP contribution in [-0.2, 0) is 16.0 Å². The summed E-state index contributed by atoms with van der Waals surface area (Å²) in [6.07, 6.45) is 1.55. The summed E-state index contributed by atoms with van der Waals surface area (Å²) in [5.74, 6) is 0.774. The number of benzene rings is 2. The lowest BCUT2D eigenvalue weighted by Crippen LogP contribution is -2.31. The molecule has 6 nitrogen and oxygen atoms in total. The van der Waals surface area contributed by atoms with E-state index in [1.54, 1.807) is 7.11 Å². The van der Waals surface area contributed by atoms with Crippen molar-refractivity contribution >= 4 is 17.5 Å². The Bertz CT molecular complexity index is 802. The van der Waals surface area contributed by atoms with E-state index in [1.165, 1.54) is 5.56 Å². The smallest absolute Gasteiger partial charge is 0.228 e. The normalized spacial score (nSPS) is 17.5. The van der Waals surface area contributed by atoms with Crippen LogP contribution in [0.4, 0.5) is 5.69 Å². The summed E-state index contributed by atoms with van der Waals surface area (Å²) in [5, 5.41) is 5.72. The molecule has 2 aromatic carbocycles. The molecule has 0 aromatic heterocycles. The van der Waals surface area contributed by atoms with Crippen LogP contribution in [0.1, 0.15) is 18.9 Å². The minimum absolute atomic E-state index is 0.0974. The van der Waals surface area contributed by atoms with Gasteiger partial charge in [0.2, 0.25) is 11.8 Å². The number of hydrogen-bond acceptors (Lipinski definition) is 4. The molecule has 2 atom stereocenters. The maximum absolute atomic E-state index is 12.3. The molecular weight excluding hydrogens is 356 g/mol. The molecule has 0 heterocycles. The fourth-order valence-corrected chi connectivity index (χ4v) is 2.98. The van der Waals surface area contributed by atoms with Crippen LogP contribution in [0.3, 0.4) is 0 Å². The fourth-order valence-electron chi connectivity index (χ4n) is 2.98. The molecule has 2 N–H and O–H groups in total. The number of carbonyl (C=O) groups is 2. The summed E-state index contributed by atoms with van der Waals surface area (Å²) < 4.78 is 10.7. The van der Waals surface area contributed by atoms with Crippen molar-refractivity contribution in [2.75, 3.05) is 25.6 Å². The van der Waals surface area contributed by atoms with E-state index < -0.39 is 0 Å². The van der Waals surface area contributed by atoms with E-state index in [2.05, 4.69) is 17.6 Å². The fraction of sp³-hybridized carbons (Fsp3) is 0.364. The predicted molar refractivity (Wildman–Crippen MR) is 108 cm³/mol.